The summed E-state index contributed by atoms with van der Waals surface area (Å²) in [5, 5.41) is 2.93. The van der Waals surface area contributed by atoms with Crippen LogP contribution in [-0.4, -0.2) is 17.3 Å². The second-order valence-electron chi connectivity index (χ2n) is 6.17. The van der Waals surface area contributed by atoms with Gasteiger partial charge in [-0.1, -0.05) is 45.0 Å². The topological polar surface area (TPSA) is 56.0 Å². The maximum Gasteiger partial charge on any atom is 0.169 e. The molecule has 0 fully saturated rings. The average Bonchev–Trinajstić information content (AvgIpc) is 2.88. The molecule has 0 aliphatic rings. The predicted molar refractivity (Wildman–Crippen MR) is 88.0 cm³/mol. The van der Waals surface area contributed by atoms with Crippen molar-refractivity contribution in [1.82, 2.24) is 4.98 Å². The number of rotatable bonds is 5. The molecule has 0 saturated carbocycles. The molecule has 1 aromatic carbocycles. The fraction of sp³-hybridized carbons (Fsp3) is 0.412. The predicted octanol–water partition coefficient (Wildman–Crippen LogP) is 3.37. The van der Waals surface area contributed by atoms with Crippen LogP contribution in [0, 0.1) is 0 Å². The highest BCUT2D eigenvalue weighted by Crippen LogP contribution is 2.24. The lowest BCUT2D eigenvalue weighted by Gasteiger charge is -2.14. The minimum absolute atomic E-state index is 0.0231. The molecule has 0 atom stereocenters. The van der Waals surface area contributed by atoms with Crippen LogP contribution in [0.3, 0.4) is 0 Å². The SMILES string of the molecule is CC(C)(C)c1csc(CC(=O)c2ccccc2CCN)n1. The number of nitrogens with two attached hydrogens (primary N) is 1. The van der Waals surface area contributed by atoms with Crippen molar-refractivity contribution >= 4 is 17.1 Å². The number of ketones is 1. The van der Waals surface area contributed by atoms with E-state index in [9.17, 15) is 4.79 Å². The molecule has 1 heterocycles. The molecule has 0 radical (unpaired) electrons. The molecule has 0 spiro atoms. The molecule has 2 N–H and O–H groups in total. The Bertz CT molecular complexity index is 626. The van der Waals surface area contributed by atoms with Crippen LogP contribution in [0.2, 0.25) is 0 Å². The highest BCUT2D eigenvalue weighted by molar-refractivity contribution is 7.09. The first-order valence-electron chi connectivity index (χ1n) is 7.18. The largest absolute Gasteiger partial charge is 0.330 e. The van der Waals surface area contributed by atoms with Gasteiger partial charge in [0.15, 0.2) is 5.78 Å². The van der Waals surface area contributed by atoms with Gasteiger partial charge in [0.05, 0.1) is 12.1 Å². The van der Waals surface area contributed by atoms with Gasteiger partial charge in [0, 0.05) is 16.4 Å². The Morgan fingerprint density at radius 2 is 2.00 bits per heavy atom. The molecule has 2 aromatic rings. The first-order valence-corrected chi connectivity index (χ1v) is 8.06. The van der Waals surface area contributed by atoms with Crippen LogP contribution in [-0.2, 0) is 18.3 Å². The highest BCUT2D eigenvalue weighted by Gasteiger charge is 2.19. The van der Waals surface area contributed by atoms with Crippen molar-refractivity contribution in [2.24, 2.45) is 5.73 Å². The third kappa shape index (κ3) is 3.99. The molecule has 0 amide bonds. The summed E-state index contributed by atoms with van der Waals surface area (Å²) in [6, 6.07) is 7.70. The smallest absolute Gasteiger partial charge is 0.169 e. The van der Waals surface area contributed by atoms with Gasteiger partial charge in [0.25, 0.3) is 0 Å². The van der Waals surface area contributed by atoms with Crippen LogP contribution in [0.5, 0.6) is 0 Å². The number of thiazole rings is 1. The Hall–Kier alpha value is -1.52. The van der Waals surface area contributed by atoms with Crippen molar-refractivity contribution in [2.45, 2.75) is 39.0 Å². The van der Waals surface area contributed by atoms with Crippen LogP contribution < -0.4 is 5.73 Å². The van der Waals surface area contributed by atoms with Crippen LogP contribution in [0.4, 0.5) is 0 Å². The van der Waals surface area contributed by atoms with Crippen LogP contribution in [0.15, 0.2) is 29.6 Å². The van der Waals surface area contributed by atoms with Gasteiger partial charge < -0.3 is 5.73 Å². The van der Waals surface area contributed by atoms with E-state index in [1.807, 2.05) is 24.3 Å². The lowest BCUT2D eigenvalue weighted by atomic mass is 9.93. The van der Waals surface area contributed by atoms with Gasteiger partial charge in [-0.15, -0.1) is 11.3 Å². The molecule has 112 valence electrons. The van der Waals surface area contributed by atoms with Gasteiger partial charge in [-0.2, -0.15) is 0 Å². The van der Waals surface area contributed by atoms with Crippen molar-refractivity contribution in [3.63, 3.8) is 0 Å². The van der Waals surface area contributed by atoms with E-state index in [1.54, 1.807) is 11.3 Å². The number of carbonyl (C=O) groups excluding carboxylic acids is 1. The summed E-state index contributed by atoms with van der Waals surface area (Å²) in [5.41, 5.74) is 8.48. The molecule has 0 unspecified atom stereocenters. The summed E-state index contributed by atoms with van der Waals surface area (Å²) in [4.78, 5) is 17.1. The van der Waals surface area contributed by atoms with Gasteiger partial charge in [-0.3, -0.25) is 4.79 Å². The standard InChI is InChI=1S/C17H22N2OS/c1-17(2,3)15-11-21-16(19-15)10-14(20)13-7-5-4-6-12(13)8-9-18/h4-7,11H,8-10,18H2,1-3H3. The number of Topliss-reactive ketones (excluding diaryl/α,β-unsaturated/α-hetero) is 1. The zero-order valence-electron chi connectivity index (χ0n) is 12.8. The highest BCUT2D eigenvalue weighted by atomic mass is 32.1. The summed E-state index contributed by atoms with van der Waals surface area (Å²) in [6.07, 6.45) is 1.09. The summed E-state index contributed by atoms with van der Waals surface area (Å²) < 4.78 is 0. The summed E-state index contributed by atoms with van der Waals surface area (Å²) in [6.45, 7) is 6.94. The summed E-state index contributed by atoms with van der Waals surface area (Å²) in [5.74, 6) is 0.119. The van der Waals surface area contributed by atoms with Crippen LogP contribution in [0.25, 0.3) is 0 Å². The molecule has 0 aliphatic carbocycles. The number of carbonyl (C=O) groups is 1. The second kappa shape index (κ2) is 6.50. The van der Waals surface area contributed by atoms with Gasteiger partial charge >= 0.3 is 0 Å². The number of hydrogen-bond donors (Lipinski definition) is 1. The van der Waals surface area contributed by atoms with Crippen molar-refractivity contribution in [3.8, 4) is 0 Å². The van der Waals surface area contributed by atoms with Crippen molar-refractivity contribution in [1.29, 1.82) is 0 Å². The Kier molecular flexibility index (Phi) is 4.91. The summed E-state index contributed by atoms with van der Waals surface area (Å²) >= 11 is 1.56. The Morgan fingerprint density at radius 1 is 1.29 bits per heavy atom. The van der Waals surface area contributed by atoms with Gasteiger partial charge in [-0.25, -0.2) is 4.98 Å². The van der Waals surface area contributed by atoms with Gasteiger partial charge in [0.2, 0.25) is 0 Å². The molecule has 0 saturated heterocycles. The van der Waals surface area contributed by atoms with Crippen molar-refractivity contribution in [2.75, 3.05) is 6.54 Å². The van der Waals surface area contributed by atoms with E-state index in [4.69, 9.17) is 5.73 Å². The van der Waals surface area contributed by atoms with Crippen LogP contribution in [0.1, 0.15) is 47.4 Å². The molecular formula is C17H22N2OS. The quantitative estimate of drug-likeness (QED) is 0.862. The third-order valence-electron chi connectivity index (χ3n) is 3.36. The zero-order chi connectivity index (χ0) is 15.5. The average molecular weight is 302 g/mol. The maximum atomic E-state index is 12.5. The van der Waals surface area contributed by atoms with E-state index in [0.717, 1.165) is 28.2 Å². The van der Waals surface area contributed by atoms with Crippen molar-refractivity contribution in [3.05, 3.63) is 51.5 Å². The van der Waals surface area contributed by atoms with Gasteiger partial charge in [0.1, 0.15) is 5.01 Å². The van der Waals surface area contributed by atoms with E-state index < -0.39 is 0 Å². The lowest BCUT2D eigenvalue weighted by molar-refractivity contribution is 0.0992. The van der Waals surface area contributed by atoms with E-state index in [1.165, 1.54) is 0 Å². The Morgan fingerprint density at radius 3 is 2.62 bits per heavy atom. The minimum atomic E-state index is 0.0231. The van der Waals surface area contributed by atoms with Crippen LogP contribution >= 0.6 is 11.3 Å². The first-order chi connectivity index (χ1) is 9.91. The molecule has 0 bridgehead atoms. The second-order valence-corrected chi connectivity index (χ2v) is 7.11. The Labute approximate surface area is 130 Å². The monoisotopic (exact) mass is 302 g/mol. The zero-order valence-corrected chi connectivity index (χ0v) is 13.7. The molecule has 4 heteroatoms. The molecule has 3 nitrogen and oxygen atoms in total. The van der Waals surface area contributed by atoms with Gasteiger partial charge in [-0.05, 0) is 18.5 Å². The third-order valence-corrected chi connectivity index (χ3v) is 4.21. The molecule has 1 aromatic heterocycles. The first kappa shape index (κ1) is 15.9. The van der Waals surface area contributed by atoms with E-state index in [0.29, 0.717) is 13.0 Å². The van der Waals surface area contributed by atoms with Crippen molar-refractivity contribution < 1.29 is 4.79 Å². The molecular weight excluding hydrogens is 280 g/mol. The lowest BCUT2D eigenvalue weighted by Crippen LogP contribution is -2.13. The molecule has 0 aliphatic heterocycles. The minimum Gasteiger partial charge on any atom is -0.330 e. The maximum absolute atomic E-state index is 12.5. The number of nitrogens with zero attached hydrogens (tertiary/aromatic N) is 1. The normalized spacial score (nSPS) is 11.6. The molecule has 2 rings (SSSR count). The van der Waals surface area contributed by atoms with E-state index in [-0.39, 0.29) is 11.2 Å². The number of benzene rings is 1. The van der Waals surface area contributed by atoms with E-state index in [2.05, 4.69) is 31.1 Å². The number of aromatic nitrogens is 1. The molecule has 21 heavy (non-hydrogen) atoms. The fourth-order valence-corrected chi connectivity index (χ4v) is 3.15. The fourth-order valence-electron chi connectivity index (χ4n) is 2.13. The Balaban J connectivity index is 2.17. The number of hydrogen-bond acceptors (Lipinski definition) is 4. The summed E-state index contributed by atoms with van der Waals surface area (Å²) in [7, 11) is 0. The van der Waals surface area contributed by atoms with E-state index >= 15 is 0 Å².